The maximum absolute atomic E-state index is 15.1. The molecule has 0 aliphatic heterocycles. The molecule has 288 valence electrons. The van der Waals surface area contributed by atoms with Gasteiger partial charge in [-0.25, -0.2) is 35.2 Å². The third-order valence-electron chi connectivity index (χ3n) is 9.41. The number of nitrogens with zero attached hydrogens (tertiary/aromatic N) is 3. The van der Waals surface area contributed by atoms with E-state index in [2.05, 4.69) is 6.07 Å². The minimum absolute atomic E-state index is 0.00593. The maximum atomic E-state index is 15.1. The molecule has 15 heteroatoms. The van der Waals surface area contributed by atoms with E-state index in [1.54, 1.807) is 0 Å². The van der Waals surface area contributed by atoms with E-state index in [4.69, 9.17) is 4.74 Å². The third-order valence-corrected chi connectivity index (χ3v) is 11.2. The summed E-state index contributed by atoms with van der Waals surface area (Å²) in [7, 11) is -5.68. The van der Waals surface area contributed by atoms with Crippen LogP contribution < -0.4 is 9.64 Å². The van der Waals surface area contributed by atoms with E-state index in [9.17, 15) is 41.5 Å². The van der Waals surface area contributed by atoms with Gasteiger partial charge in [0.2, 0.25) is 21.7 Å². The molecule has 0 unspecified atom stereocenters. The molecule has 0 aromatic heterocycles. The molecule has 2 aliphatic rings. The Labute approximate surface area is 314 Å². The number of hydrogen-bond donors (Lipinski definition) is 1. The predicted molar refractivity (Wildman–Crippen MR) is 190 cm³/mol. The van der Waals surface area contributed by atoms with Gasteiger partial charge in [0.05, 0.1) is 42.1 Å². The molecule has 2 aliphatic carbocycles. The van der Waals surface area contributed by atoms with Gasteiger partial charge in [0.25, 0.3) is 0 Å². The largest absolute Gasteiger partial charge is 0.488 e. The first-order valence-corrected chi connectivity index (χ1v) is 18.8. The van der Waals surface area contributed by atoms with Crippen molar-refractivity contribution in [1.29, 1.82) is 5.26 Å². The Bertz CT molecular complexity index is 2300. The summed E-state index contributed by atoms with van der Waals surface area (Å²) in [4.78, 5) is 25.7. The first-order chi connectivity index (χ1) is 25.9. The second-order valence-corrected chi connectivity index (χ2v) is 16.6. The summed E-state index contributed by atoms with van der Waals surface area (Å²) >= 11 is 0. The molecule has 4 aromatic carbocycles. The highest BCUT2D eigenvalue weighted by molar-refractivity contribution is 7.89. The van der Waals surface area contributed by atoms with Crippen molar-refractivity contribution in [1.82, 2.24) is 4.31 Å². The first-order valence-electron chi connectivity index (χ1n) is 17.4. The van der Waals surface area contributed by atoms with Crippen molar-refractivity contribution in [3.05, 3.63) is 123 Å². The normalized spacial score (nSPS) is 14.5. The number of carbonyl (C=O) groups excluding carboxylic acids is 1. The van der Waals surface area contributed by atoms with E-state index < -0.39 is 69.0 Å². The number of anilines is 1. The Hall–Kier alpha value is -5.33. The van der Waals surface area contributed by atoms with Crippen molar-refractivity contribution in [2.24, 2.45) is 0 Å². The van der Waals surface area contributed by atoms with Crippen LogP contribution in [0.5, 0.6) is 5.75 Å². The number of nitriles is 1. The Balaban J connectivity index is 1.49. The summed E-state index contributed by atoms with van der Waals surface area (Å²) in [5.74, 6) is -14.7. The van der Waals surface area contributed by atoms with E-state index in [-0.39, 0.29) is 50.5 Å². The fraction of sp³-hybridized carbons (Fsp3) is 0.325. The number of benzene rings is 4. The molecule has 0 saturated heterocycles. The van der Waals surface area contributed by atoms with Crippen LogP contribution in [0.4, 0.5) is 27.6 Å². The number of aromatic carboxylic acids is 1. The first kappa shape index (κ1) is 39.4. The number of hydrogen-bond acceptors (Lipinski definition) is 6. The Morgan fingerprint density at radius 2 is 1.45 bits per heavy atom. The summed E-state index contributed by atoms with van der Waals surface area (Å²) < 4.78 is 108. The molecule has 1 N–H and O–H groups in total. The molecule has 0 heterocycles. The molecular formula is C40H36F5N3O6S. The van der Waals surface area contributed by atoms with Gasteiger partial charge in [0.1, 0.15) is 5.75 Å². The SMILES string of the molecule is CC(C)(C)c1cc(CN(C(=O)CN(Cc2ccc(C#N)cc2)S(=O)(=O)c2c(F)c(F)c(F)c(F)c2F)c2ccc(C(=O)O)cc2OC2CC2)cc(C2CC2)c1. The summed E-state index contributed by atoms with van der Waals surface area (Å²) in [6, 6.07) is 16.8. The second kappa shape index (κ2) is 15.1. The van der Waals surface area contributed by atoms with E-state index in [1.165, 1.54) is 42.5 Å². The highest BCUT2D eigenvalue weighted by atomic mass is 32.2. The minimum Gasteiger partial charge on any atom is -0.488 e. The van der Waals surface area contributed by atoms with E-state index >= 15 is 8.78 Å². The van der Waals surface area contributed by atoms with E-state index in [0.717, 1.165) is 28.9 Å². The highest BCUT2D eigenvalue weighted by Gasteiger charge is 2.39. The van der Waals surface area contributed by atoms with Crippen LogP contribution in [0.15, 0.2) is 65.6 Å². The zero-order chi connectivity index (χ0) is 40.0. The molecule has 0 bridgehead atoms. The van der Waals surface area contributed by atoms with Crippen LogP contribution in [0.3, 0.4) is 0 Å². The molecule has 6 rings (SSSR count). The molecule has 4 aromatic rings. The van der Waals surface area contributed by atoms with Gasteiger partial charge < -0.3 is 14.7 Å². The van der Waals surface area contributed by atoms with Gasteiger partial charge in [0, 0.05) is 6.54 Å². The molecule has 0 atom stereocenters. The number of amides is 1. The second-order valence-electron chi connectivity index (χ2n) is 14.8. The Morgan fingerprint density at radius 1 is 0.836 bits per heavy atom. The van der Waals surface area contributed by atoms with Gasteiger partial charge in [-0.05, 0) is 89.6 Å². The van der Waals surface area contributed by atoms with Crippen LogP contribution in [0.25, 0.3) is 0 Å². The average molecular weight is 782 g/mol. The molecule has 55 heavy (non-hydrogen) atoms. The summed E-state index contributed by atoms with van der Waals surface area (Å²) in [5.41, 5.74) is 2.48. The Morgan fingerprint density at radius 3 is 2.00 bits per heavy atom. The summed E-state index contributed by atoms with van der Waals surface area (Å²) in [6.45, 7) is 3.88. The lowest BCUT2D eigenvalue weighted by atomic mass is 9.84. The van der Waals surface area contributed by atoms with Gasteiger partial charge in [-0.3, -0.25) is 4.79 Å². The van der Waals surface area contributed by atoms with E-state index in [0.29, 0.717) is 24.3 Å². The van der Waals surface area contributed by atoms with Crippen LogP contribution in [0, 0.1) is 40.4 Å². The molecule has 1 amide bonds. The fourth-order valence-corrected chi connectivity index (χ4v) is 7.50. The smallest absolute Gasteiger partial charge is 0.335 e. The van der Waals surface area contributed by atoms with Crippen LogP contribution >= 0.6 is 0 Å². The van der Waals surface area contributed by atoms with Gasteiger partial charge in [-0.2, -0.15) is 9.57 Å². The zero-order valence-electron chi connectivity index (χ0n) is 30.0. The molecule has 0 radical (unpaired) electrons. The zero-order valence-corrected chi connectivity index (χ0v) is 30.8. The van der Waals surface area contributed by atoms with Crippen LogP contribution in [-0.2, 0) is 33.3 Å². The third kappa shape index (κ3) is 8.50. The maximum Gasteiger partial charge on any atom is 0.335 e. The number of rotatable bonds is 13. The van der Waals surface area contributed by atoms with Gasteiger partial charge in [-0.15, -0.1) is 0 Å². The monoisotopic (exact) mass is 781 g/mol. The number of carboxylic acid groups (broad SMARTS) is 1. The van der Waals surface area contributed by atoms with Crippen molar-refractivity contribution < 1.29 is 49.8 Å². The van der Waals surface area contributed by atoms with Gasteiger partial charge in [0.15, 0.2) is 28.2 Å². The summed E-state index contributed by atoms with van der Waals surface area (Å²) in [6.07, 6.45) is 2.95. The molecular weight excluding hydrogens is 746 g/mol. The average Bonchev–Trinajstić information content (AvgIpc) is 4.08. The van der Waals surface area contributed by atoms with Crippen molar-refractivity contribution >= 4 is 27.6 Å². The van der Waals surface area contributed by atoms with Crippen LogP contribution in [0.2, 0.25) is 0 Å². The number of ether oxygens (including phenoxy) is 1. The van der Waals surface area contributed by atoms with Crippen molar-refractivity contribution in [2.45, 2.75) is 81.9 Å². The van der Waals surface area contributed by atoms with Gasteiger partial charge >= 0.3 is 5.97 Å². The van der Waals surface area contributed by atoms with Crippen LogP contribution in [-0.4, -0.2) is 42.4 Å². The van der Waals surface area contributed by atoms with Crippen molar-refractivity contribution in [2.75, 3.05) is 11.4 Å². The number of carboxylic acids is 1. The van der Waals surface area contributed by atoms with Crippen LogP contribution in [0.1, 0.15) is 90.5 Å². The molecule has 2 fully saturated rings. The molecule has 9 nitrogen and oxygen atoms in total. The Kier molecular flexibility index (Phi) is 10.8. The lowest BCUT2D eigenvalue weighted by molar-refractivity contribution is -0.119. The lowest BCUT2D eigenvalue weighted by Gasteiger charge is -2.30. The van der Waals surface area contributed by atoms with Crippen molar-refractivity contribution in [3.63, 3.8) is 0 Å². The summed E-state index contributed by atoms with van der Waals surface area (Å²) in [5, 5.41) is 19.0. The molecule has 2 saturated carbocycles. The topological polar surface area (TPSA) is 128 Å². The van der Waals surface area contributed by atoms with Crippen molar-refractivity contribution in [3.8, 4) is 11.8 Å². The predicted octanol–water partition coefficient (Wildman–Crippen LogP) is 8.09. The highest BCUT2D eigenvalue weighted by Crippen LogP contribution is 2.43. The number of sulfonamides is 1. The van der Waals surface area contributed by atoms with E-state index in [1.807, 2.05) is 39.0 Å². The standard InChI is InChI=1S/C40H36F5N3O6S/c1-40(2,3)28-15-24(14-27(16-28)25-8-9-25)20-48(30-13-10-26(39(50)51)17-31(30)54-29-11-12-29)32(49)21-47(19-23-6-4-22(18-46)5-7-23)55(52,53)38-36(44)34(42)33(41)35(43)37(38)45/h4-7,10,13-17,25,29H,8-9,11-12,19-21H2,1-3H3,(H,50,51). The lowest BCUT2D eigenvalue weighted by Crippen LogP contribution is -2.43. The molecule has 0 spiro atoms. The fourth-order valence-electron chi connectivity index (χ4n) is 6.01. The quantitative estimate of drug-likeness (QED) is 0.0825. The number of carbonyl (C=O) groups is 2. The minimum atomic E-state index is -5.68. The van der Waals surface area contributed by atoms with Gasteiger partial charge in [-0.1, -0.05) is 51.1 Å². The number of halogens is 5.